The van der Waals surface area contributed by atoms with E-state index in [1.807, 2.05) is 0 Å². The Hall–Kier alpha value is 2.08. The normalized spacial score (nSPS) is 11.8. The molecule has 32 heavy (non-hydrogen) atoms. The van der Waals surface area contributed by atoms with Gasteiger partial charge in [-0.15, -0.1) is 0 Å². The van der Waals surface area contributed by atoms with Crippen molar-refractivity contribution < 1.29 is 170 Å². The van der Waals surface area contributed by atoms with Gasteiger partial charge in [-0.05, 0) is 24.3 Å². The van der Waals surface area contributed by atoms with Crippen molar-refractivity contribution in [3.63, 3.8) is 0 Å². The van der Waals surface area contributed by atoms with Crippen molar-refractivity contribution in [2.24, 2.45) is 0 Å². The van der Waals surface area contributed by atoms with Crippen LogP contribution in [0.3, 0.4) is 0 Å². The smallest absolute Gasteiger partial charge is 0.744 e. The second-order valence-corrected chi connectivity index (χ2v) is 10.6. The third-order valence-electron chi connectivity index (χ3n) is 3.31. The fourth-order valence-corrected chi connectivity index (χ4v) is 4.76. The van der Waals surface area contributed by atoms with E-state index in [1.165, 1.54) is 0 Å². The Kier molecular flexibility index (Phi) is 16.4. The Morgan fingerprint density at radius 1 is 0.438 bits per heavy atom. The molecule has 0 amide bonds. The Labute approximate surface area is 273 Å². The van der Waals surface area contributed by atoms with Crippen LogP contribution in [0.1, 0.15) is 0 Å². The SMILES string of the molecule is O=S(=O)([O-])c1ccc(-c2ccc(S(=O)(=O)[O-])cc2S(=O)(=O)[O-])c(S(=O)(=O)[O-])c1.[Na+].[Na+].[Na+].[Na+]. The van der Waals surface area contributed by atoms with Crippen molar-refractivity contribution in [2.75, 3.05) is 0 Å². The first-order valence-electron chi connectivity index (χ1n) is 6.54. The summed E-state index contributed by atoms with van der Waals surface area (Å²) in [5.41, 5.74) is -1.60. The zero-order valence-corrected chi connectivity index (χ0v) is 28.3. The molecule has 0 aliphatic heterocycles. The third kappa shape index (κ3) is 9.85. The molecule has 2 aromatic rings. The summed E-state index contributed by atoms with van der Waals surface area (Å²) < 4.78 is 135. The summed E-state index contributed by atoms with van der Waals surface area (Å²) in [7, 11) is -21.4. The first-order valence-corrected chi connectivity index (χ1v) is 12.2. The van der Waals surface area contributed by atoms with Gasteiger partial charge < -0.3 is 18.2 Å². The van der Waals surface area contributed by atoms with Crippen LogP contribution in [0.2, 0.25) is 0 Å². The summed E-state index contributed by atoms with van der Waals surface area (Å²) >= 11 is 0. The fourth-order valence-electron chi connectivity index (χ4n) is 2.18. The molecule has 0 saturated heterocycles. The zero-order chi connectivity index (χ0) is 21.7. The van der Waals surface area contributed by atoms with Crippen LogP contribution in [0.15, 0.2) is 56.0 Å². The van der Waals surface area contributed by atoms with Crippen LogP contribution in [-0.4, -0.2) is 51.9 Å². The molecule has 0 unspecified atom stereocenters. The Bertz CT molecular complexity index is 1290. The summed E-state index contributed by atoms with van der Waals surface area (Å²) in [6, 6.07) is 2.58. The van der Waals surface area contributed by atoms with E-state index in [2.05, 4.69) is 0 Å². The van der Waals surface area contributed by atoms with Crippen LogP contribution < -0.4 is 118 Å². The first-order chi connectivity index (χ1) is 12.4. The van der Waals surface area contributed by atoms with Crippen LogP contribution in [0, 0.1) is 0 Å². The predicted octanol–water partition coefficient (Wildman–Crippen LogP) is -13.0. The van der Waals surface area contributed by atoms with Crippen LogP contribution >= 0.6 is 0 Å². The molecule has 0 saturated carbocycles. The number of hydrogen-bond donors (Lipinski definition) is 0. The Morgan fingerprint density at radius 2 is 0.688 bits per heavy atom. The molecule has 20 heteroatoms. The van der Waals surface area contributed by atoms with Gasteiger partial charge in [0.2, 0.25) is 0 Å². The monoisotopic (exact) mass is 562 g/mol. The van der Waals surface area contributed by atoms with E-state index in [0.29, 0.717) is 24.3 Å². The molecule has 0 N–H and O–H groups in total. The summed E-state index contributed by atoms with van der Waals surface area (Å²) in [6.45, 7) is 0. The van der Waals surface area contributed by atoms with Gasteiger partial charge in [-0.2, -0.15) is 0 Å². The molecule has 0 atom stereocenters. The fraction of sp³-hybridized carbons (Fsp3) is 0. The first kappa shape index (κ1) is 38.6. The van der Waals surface area contributed by atoms with E-state index in [4.69, 9.17) is 0 Å². The van der Waals surface area contributed by atoms with E-state index < -0.39 is 71.2 Å². The van der Waals surface area contributed by atoms with Crippen molar-refractivity contribution in [1.29, 1.82) is 0 Å². The molecule has 154 valence electrons. The molecular weight excluding hydrogens is 556 g/mol. The van der Waals surface area contributed by atoms with Crippen LogP contribution in [-0.2, 0) is 40.5 Å². The minimum absolute atomic E-state index is 0. The zero-order valence-electron chi connectivity index (χ0n) is 17.0. The quantitative estimate of drug-likeness (QED) is 0.244. The second kappa shape index (κ2) is 13.6. The van der Waals surface area contributed by atoms with Crippen molar-refractivity contribution in [1.82, 2.24) is 0 Å². The third-order valence-corrected chi connectivity index (χ3v) is 6.73. The molecule has 0 bridgehead atoms. The summed E-state index contributed by atoms with van der Waals surface area (Å²) in [4.78, 5) is -4.97. The molecule has 2 rings (SSSR count). The van der Waals surface area contributed by atoms with Crippen LogP contribution in [0.25, 0.3) is 11.1 Å². The molecule has 0 aliphatic carbocycles. The number of benzene rings is 2. The molecule has 0 radical (unpaired) electrons. The van der Waals surface area contributed by atoms with E-state index in [-0.39, 0.29) is 130 Å². The summed E-state index contributed by atoms with van der Waals surface area (Å²) in [6.07, 6.45) is 0. The minimum atomic E-state index is -5.50. The largest absolute Gasteiger partial charge is 1.00 e. The van der Waals surface area contributed by atoms with Gasteiger partial charge in [0, 0.05) is 11.1 Å². The minimum Gasteiger partial charge on any atom is -0.744 e. The van der Waals surface area contributed by atoms with Gasteiger partial charge in [-0.3, -0.25) is 0 Å². The van der Waals surface area contributed by atoms with E-state index in [1.54, 1.807) is 0 Å². The van der Waals surface area contributed by atoms with Crippen LogP contribution in [0.4, 0.5) is 0 Å². The Balaban J connectivity index is -0.00000210. The van der Waals surface area contributed by atoms with Gasteiger partial charge in [0.05, 0.1) is 19.6 Å². The van der Waals surface area contributed by atoms with Gasteiger partial charge in [0.1, 0.15) is 40.5 Å². The molecule has 12 nitrogen and oxygen atoms in total. The van der Waals surface area contributed by atoms with Crippen molar-refractivity contribution in [3.05, 3.63) is 36.4 Å². The molecule has 0 fully saturated rings. The number of rotatable bonds is 5. The molecule has 0 aromatic heterocycles. The maximum Gasteiger partial charge on any atom is 1.00 e. The molecule has 0 heterocycles. The van der Waals surface area contributed by atoms with E-state index in [9.17, 15) is 51.9 Å². The van der Waals surface area contributed by atoms with E-state index >= 15 is 0 Å². The van der Waals surface area contributed by atoms with E-state index in [0.717, 1.165) is 0 Å². The van der Waals surface area contributed by atoms with Crippen LogP contribution in [0.5, 0.6) is 0 Å². The molecule has 2 aromatic carbocycles. The summed E-state index contributed by atoms with van der Waals surface area (Å²) in [5, 5.41) is 0. The van der Waals surface area contributed by atoms with Gasteiger partial charge >= 0.3 is 118 Å². The maximum absolute atomic E-state index is 11.5. The maximum atomic E-state index is 11.5. The van der Waals surface area contributed by atoms with Crippen molar-refractivity contribution in [2.45, 2.75) is 19.6 Å². The van der Waals surface area contributed by atoms with Gasteiger partial charge in [0.25, 0.3) is 0 Å². The average molecular weight is 562 g/mol. The number of hydrogen-bond acceptors (Lipinski definition) is 12. The molecule has 0 spiro atoms. The van der Waals surface area contributed by atoms with Gasteiger partial charge in [0.15, 0.2) is 0 Å². The molecular formula is C12H6Na4O12S4. The molecule has 0 aliphatic rings. The van der Waals surface area contributed by atoms with Gasteiger partial charge in [-0.1, -0.05) is 12.1 Å². The second-order valence-electron chi connectivity index (χ2n) is 5.13. The summed E-state index contributed by atoms with van der Waals surface area (Å²) in [5.74, 6) is 0. The van der Waals surface area contributed by atoms with Crippen molar-refractivity contribution >= 4 is 40.5 Å². The predicted molar refractivity (Wildman–Crippen MR) is 83.7 cm³/mol. The Morgan fingerprint density at radius 3 is 0.875 bits per heavy atom. The van der Waals surface area contributed by atoms with Crippen molar-refractivity contribution in [3.8, 4) is 11.1 Å². The standard InChI is InChI=1S/C12H10O12S4.4Na/c13-25(14,15)7-1-3-9(11(5-7)27(19,20)21)10-4-2-8(26(16,17)18)6-12(10)28(22,23)24;;;;/h1-6H,(H,13,14,15)(H,16,17,18)(H,19,20,21)(H,22,23,24);;;;/q;4*+1/p-4. The average Bonchev–Trinajstić information content (AvgIpc) is 2.50. The topological polar surface area (TPSA) is 229 Å². The van der Waals surface area contributed by atoms with Gasteiger partial charge in [-0.25, -0.2) is 33.7 Å².